The highest BCUT2D eigenvalue weighted by Gasteiger charge is 2.48. The van der Waals surface area contributed by atoms with Crippen molar-refractivity contribution in [2.24, 2.45) is 5.92 Å². The maximum absolute atomic E-state index is 13.3. The number of aliphatic hydroxyl groups excluding tert-OH is 1. The molecule has 1 atom stereocenters. The van der Waals surface area contributed by atoms with Crippen molar-refractivity contribution >= 4 is 23.5 Å². The van der Waals surface area contributed by atoms with Gasteiger partial charge in [0.1, 0.15) is 22.0 Å². The number of esters is 1. The van der Waals surface area contributed by atoms with Crippen LogP contribution in [0.4, 0.5) is 0 Å². The summed E-state index contributed by atoms with van der Waals surface area (Å²) in [5, 5.41) is 16.0. The molecule has 2 aromatic heterocycles. The summed E-state index contributed by atoms with van der Waals surface area (Å²) in [7, 11) is 0. The van der Waals surface area contributed by atoms with Crippen molar-refractivity contribution in [2.75, 3.05) is 0 Å². The van der Waals surface area contributed by atoms with Crippen LogP contribution in [0.1, 0.15) is 69.3 Å². The average molecular weight is 523 g/mol. The van der Waals surface area contributed by atoms with E-state index in [1.54, 1.807) is 4.52 Å². The molecule has 0 bridgehead atoms. The van der Waals surface area contributed by atoms with Gasteiger partial charge in [-0.25, -0.2) is 14.3 Å². The molecule has 0 amide bonds. The third-order valence-electron chi connectivity index (χ3n) is 7.23. The fourth-order valence-electron chi connectivity index (χ4n) is 5.52. The van der Waals surface area contributed by atoms with Crippen LogP contribution in [0.3, 0.4) is 0 Å². The van der Waals surface area contributed by atoms with Crippen molar-refractivity contribution in [3.8, 4) is 5.75 Å². The minimum atomic E-state index is -0.712. The van der Waals surface area contributed by atoms with E-state index in [0.29, 0.717) is 23.8 Å². The molecule has 1 aromatic carbocycles. The van der Waals surface area contributed by atoms with Crippen LogP contribution in [0.2, 0.25) is 0 Å². The molecule has 1 unspecified atom stereocenters. The minimum absolute atomic E-state index is 0.0635. The van der Waals surface area contributed by atoms with E-state index in [1.807, 2.05) is 45.9 Å². The monoisotopic (exact) mass is 522 g/mol. The second kappa shape index (κ2) is 10.4. The number of ether oxygens (including phenoxy) is 2. The standard InChI is InChI=1S/C28H34N4O4S/c1-17(2)35-22-11-9-20(10-12-22)13-14-28(21-7-5-6-8-21)16-23(33)24(25(34)36-28)37-27-30-26-29-18(3)15-19(4)32(26)31-27/h9-12,15,17,21,33H,5-8,13-14,16H2,1-4H3. The summed E-state index contributed by atoms with van der Waals surface area (Å²) in [4.78, 5) is 22.3. The summed E-state index contributed by atoms with van der Waals surface area (Å²) in [6.07, 6.45) is 6.09. The molecule has 0 spiro atoms. The van der Waals surface area contributed by atoms with Gasteiger partial charge in [0.25, 0.3) is 5.78 Å². The van der Waals surface area contributed by atoms with Crippen LogP contribution in [-0.2, 0) is 16.0 Å². The lowest BCUT2D eigenvalue weighted by molar-refractivity contribution is -0.166. The first kappa shape index (κ1) is 25.6. The fourth-order valence-corrected chi connectivity index (χ4v) is 6.26. The number of thioether (sulfide) groups is 1. The van der Waals surface area contributed by atoms with Gasteiger partial charge in [0.2, 0.25) is 5.16 Å². The predicted octanol–water partition coefficient (Wildman–Crippen LogP) is 5.90. The molecule has 196 valence electrons. The van der Waals surface area contributed by atoms with E-state index >= 15 is 0 Å². The van der Waals surface area contributed by atoms with Crippen LogP contribution >= 0.6 is 11.8 Å². The number of rotatable bonds is 8. The van der Waals surface area contributed by atoms with E-state index in [1.165, 1.54) is 0 Å². The lowest BCUT2D eigenvalue weighted by atomic mass is 9.77. The van der Waals surface area contributed by atoms with Crippen molar-refractivity contribution in [2.45, 2.75) is 89.5 Å². The number of aliphatic hydroxyl groups is 1. The highest BCUT2D eigenvalue weighted by atomic mass is 32.2. The number of carbonyl (C=O) groups excluding carboxylic acids is 1. The molecule has 0 saturated heterocycles. The molecule has 0 radical (unpaired) electrons. The molecule has 9 heteroatoms. The van der Waals surface area contributed by atoms with Gasteiger partial charge in [-0.2, -0.15) is 4.98 Å². The zero-order chi connectivity index (χ0) is 26.2. The Kier molecular flexibility index (Phi) is 7.16. The van der Waals surface area contributed by atoms with Crippen LogP contribution in [0, 0.1) is 19.8 Å². The van der Waals surface area contributed by atoms with Gasteiger partial charge in [-0.05, 0) is 94.8 Å². The Bertz CT molecular complexity index is 1330. The predicted molar refractivity (Wildman–Crippen MR) is 142 cm³/mol. The molecule has 3 heterocycles. The van der Waals surface area contributed by atoms with Crippen molar-refractivity contribution in [1.29, 1.82) is 0 Å². The van der Waals surface area contributed by atoms with E-state index in [4.69, 9.17) is 9.47 Å². The maximum Gasteiger partial charge on any atom is 0.349 e. The fraction of sp³-hybridized carbons (Fsp3) is 0.500. The Labute approximate surface area is 221 Å². The summed E-state index contributed by atoms with van der Waals surface area (Å²) in [5.41, 5.74) is 2.18. The number of nitrogens with zero attached hydrogens (tertiary/aromatic N) is 4. The van der Waals surface area contributed by atoms with Gasteiger partial charge in [-0.15, -0.1) is 5.10 Å². The molecule has 1 aliphatic heterocycles. The second-order valence-electron chi connectivity index (χ2n) is 10.4. The summed E-state index contributed by atoms with van der Waals surface area (Å²) in [6, 6.07) is 10.0. The number of benzene rings is 1. The summed E-state index contributed by atoms with van der Waals surface area (Å²) in [5.74, 6) is 1.11. The van der Waals surface area contributed by atoms with Crippen molar-refractivity contribution in [3.05, 3.63) is 57.9 Å². The summed E-state index contributed by atoms with van der Waals surface area (Å²) < 4.78 is 13.6. The number of aromatic nitrogens is 4. The first-order valence-corrected chi connectivity index (χ1v) is 13.8. The topological polar surface area (TPSA) is 98.8 Å². The molecule has 1 fully saturated rings. The zero-order valence-corrected chi connectivity index (χ0v) is 22.7. The molecule has 8 nitrogen and oxygen atoms in total. The van der Waals surface area contributed by atoms with E-state index in [2.05, 4.69) is 27.2 Å². The first-order chi connectivity index (χ1) is 17.7. The van der Waals surface area contributed by atoms with E-state index in [-0.39, 0.29) is 22.7 Å². The molecule has 5 rings (SSSR count). The third-order valence-corrected chi connectivity index (χ3v) is 8.20. The van der Waals surface area contributed by atoms with Crippen molar-refractivity contribution in [3.63, 3.8) is 0 Å². The highest BCUT2D eigenvalue weighted by Crippen LogP contribution is 2.47. The van der Waals surface area contributed by atoms with Crippen LogP contribution in [0.25, 0.3) is 5.78 Å². The Morgan fingerprint density at radius 2 is 1.92 bits per heavy atom. The summed E-state index contributed by atoms with van der Waals surface area (Å²) in [6.45, 7) is 7.84. The molecule has 3 aromatic rings. The largest absolute Gasteiger partial charge is 0.511 e. The normalized spacial score (nSPS) is 20.7. The average Bonchev–Trinajstić information content (AvgIpc) is 3.51. The van der Waals surface area contributed by atoms with Crippen molar-refractivity contribution < 1.29 is 19.4 Å². The molecular weight excluding hydrogens is 488 g/mol. The number of hydrogen-bond acceptors (Lipinski definition) is 8. The van der Waals surface area contributed by atoms with Crippen LogP contribution in [-0.4, -0.2) is 42.4 Å². The lowest BCUT2D eigenvalue weighted by Crippen LogP contribution is -2.45. The van der Waals surface area contributed by atoms with Gasteiger partial charge in [-0.3, -0.25) is 0 Å². The Hall–Kier alpha value is -3.07. The van der Waals surface area contributed by atoms with Gasteiger partial charge in [0, 0.05) is 17.8 Å². The quantitative estimate of drug-likeness (QED) is 0.365. The molecule has 1 aliphatic carbocycles. The Morgan fingerprint density at radius 3 is 2.59 bits per heavy atom. The zero-order valence-electron chi connectivity index (χ0n) is 21.9. The second-order valence-corrected chi connectivity index (χ2v) is 11.4. The van der Waals surface area contributed by atoms with E-state index in [9.17, 15) is 9.90 Å². The van der Waals surface area contributed by atoms with Gasteiger partial charge in [0.15, 0.2) is 0 Å². The maximum atomic E-state index is 13.3. The molecular formula is C28H34N4O4S. The minimum Gasteiger partial charge on any atom is -0.511 e. The van der Waals surface area contributed by atoms with E-state index < -0.39 is 11.6 Å². The number of fused-ring (bicyclic) bond motifs is 1. The Morgan fingerprint density at radius 1 is 1.19 bits per heavy atom. The number of carbonyl (C=O) groups is 1. The van der Waals surface area contributed by atoms with Gasteiger partial charge >= 0.3 is 5.97 Å². The first-order valence-electron chi connectivity index (χ1n) is 13.0. The highest BCUT2D eigenvalue weighted by molar-refractivity contribution is 8.03. The van der Waals surface area contributed by atoms with Crippen LogP contribution in [0.5, 0.6) is 5.75 Å². The Balaban J connectivity index is 1.36. The summed E-state index contributed by atoms with van der Waals surface area (Å²) >= 11 is 1.04. The van der Waals surface area contributed by atoms with Crippen molar-refractivity contribution in [1.82, 2.24) is 19.6 Å². The van der Waals surface area contributed by atoms with Gasteiger partial charge in [-0.1, -0.05) is 25.0 Å². The van der Waals surface area contributed by atoms with Gasteiger partial charge < -0.3 is 14.6 Å². The molecule has 2 aliphatic rings. The number of hydrogen-bond donors (Lipinski definition) is 1. The lowest BCUT2D eigenvalue weighted by Gasteiger charge is -2.41. The molecule has 1 N–H and O–H groups in total. The van der Waals surface area contributed by atoms with E-state index in [0.717, 1.165) is 66.6 Å². The number of cyclic esters (lactones) is 1. The SMILES string of the molecule is Cc1cc(C)n2nc(SC3=C(O)CC(CCc4ccc(OC(C)C)cc4)(C4CCCC4)OC3=O)nc2n1. The van der Waals surface area contributed by atoms with Crippen LogP contribution < -0.4 is 4.74 Å². The van der Waals surface area contributed by atoms with Crippen LogP contribution in [0.15, 0.2) is 46.2 Å². The smallest absolute Gasteiger partial charge is 0.349 e. The third kappa shape index (κ3) is 5.46. The van der Waals surface area contributed by atoms with Gasteiger partial charge in [0.05, 0.1) is 6.10 Å². The number of aryl methyl sites for hydroxylation is 3. The molecule has 1 saturated carbocycles. The molecule has 37 heavy (non-hydrogen) atoms.